The number of ether oxygens (including phenoxy) is 2. The number of thioether (sulfide) groups is 1. The number of carbonyl (C=O) groups excluding carboxylic acids is 2. The van der Waals surface area contributed by atoms with Gasteiger partial charge in [0.1, 0.15) is 18.1 Å². The topological polar surface area (TPSA) is 64.6 Å². The third-order valence-electron chi connectivity index (χ3n) is 3.55. The predicted molar refractivity (Wildman–Crippen MR) is 103 cm³/mol. The molecule has 0 aliphatic carbocycles. The molecule has 0 unspecified atom stereocenters. The standard InChI is InChI=1S/C19H16ClNO4S/c1-2-24-16-9-12(10-17-18(22)21-19(23)26-17)7-8-13(16)11-25-15-6-4-3-5-14(15)20/h3-10H,2,11H2,1H3,(H,21,22,23)/b17-10-. The summed E-state index contributed by atoms with van der Waals surface area (Å²) in [6, 6.07) is 12.8. The molecular formula is C19H16ClNO4S. The summed E-state index contributed by atoms with van der Waals surface area (Å²) in [4.78, 5) is 23.3. The zero-order valence-corrected chi connectivity index (χ0v) is 15.5. The number of rotatable bonds is 6. The van der Waals surface area contributed by atoms with Gasteiger partial charge in [-0.3, -0.25) is 14.9 Å². The van der Waals surface area contributed by atoms with Crippen LogP contribution in [-0.2, 0) is 11.4 Å². The van der Waals surface area contributed by atoms with Crippen LogP contribution in [-0.4, -0.2) is 17.8 Å². The van der Waals surface area contributed by atoms with Crippen molar-refractivity contribution in [3.63, 3.8) is 0 Å². The fourth-order valence-corrected chi connectivity index (χ4v) is 3.23. The Morgan fingerprint density at radius 3 is 2.62 bits per heavy atom. The molecule has 0 bridgehead atoms. The third-order valence-corrected chi connectivity index (χ3v) is 4.67. The van der Waals surface area contributed by atoms with Crippen molar-refractivity contribution in [2.75, 3.05) is 6.61 Å². The molecule has 0 spiro atoms. The number of halogens is 1. The second kappa shape index (κ2) is 8.29. The Morgan fingerprint density at radius 1 is 1.12 bits per heavy atom. The lowest BCUT2D eigenvalue weighted by molar-refractivity contribution is -0.115. The van der Waals surface area contributed by atoms with Gasteiger partial charge >= 0.3 is 0 Å². The third kappa shape index (κ3) is 4.39. The van der Waals surface area contributed by atoms with Crippen molar-refractivity contribution >= 4 is 40.6 Å². The van der Waals surface area contributed by atoms with Gasteiger partial charge in [0.05, 0.1) is 16.5 Å². The smallest absolute Gasteiger partial charge is 0.290 e. The van der Waals surface area contributed by atoms with Crippen LogP contribution in [0.3, 0.4) is 0 Å². The van der Waals surface area contributed by atoms with E-state index in [1.165, 1.54) is 0 Å². The van der Waals surface area contributed by atoms with Gasteiger partial charge < -0.3 is 9.47 Å². The largest absolute Gasteiger partial charge is 0.493 e. The first-order valence-electron chi connectivity index (χ1n) is 7.94. The molecule has 0 aromatic heterocycles. The molecule has 0 radical (unpaired) electrons. The van der Waals surface area contributed by atoms with E-state index in [0.717, 1.165) is 22.9 Å². The molecule has 1 fully saturated rings. The molecule has 2 aromatic rings. The van der Waals surface area contributed by atoms with Crippen molar-refractivity contribution in [1.29, 1.82) is 0 Å². The molecular weight excluding hydrogens is 374 g/mol. The minimum atomic E-state index is -0.385. The Bertz CT molecular complexity index is 882. The zero-order chi connectivity index (χ0) is 18.5. The summed E-state index contributed by atoms with van der Waals surface area (Å²) in [6.45, 7) is 2.68. The molecule has 5 nitrogen and oxygen atoms in total. The Morgan fingerprint density at radius 2 is 1.92 bits per heavy atom. The Kier molecular flexibility index (Phi) is 5.85. The van der Waals surface area contributed by atoms with E-state index in [-0.39, 0.29) is 11.1 Å². The van der Waals surface area contributed by atoms with Gasteiger partial charge in [-0.25, -0.2) is 0 Å². The van der Waals surface area contributed by atoms with Gasteiger partial charge in [0, 0.05) is 5.56 Å². The molecule has 0 saturated carbocycles. The van der Waals surface area contributed by atoms with E-state index >= 15 is 0 Å². The fraction of sp³-hybridized carbons (Fsp3) is 0.158. The number of amides is 2. The van der Waals surface area contributed by atoms with Crippen LogP contribution >= 0.6 is 23.4 Å². The predicted octanol–water partition coefficient (Wildman–Crippen LogP) is 4.64. The number of benzene rings is 2. The highest BCUT2D eigenvalue weighted by Gasteiger charge is 2.25. The number of imide groups is 1. The molecule has 1 aliphatic rings. The van der Waals surface area contributed by atoms with E-state index in [0.29, 0.717) is 34.6 Å². The second-order valence-electron chi connectivity index (χ2n) is 5.37. The molecule has 2 aromatic carbocycles. The highest BCUT2D eigenvalue weighted by molar-refractivity contribution is 8.18. The summed E-state index contributed by atoms with van der Waals surface area (Å²) in [6.07, 6.45) is 1.66. The lowest BCUT2D eigenvalue weighted by Crippen LogP contribution is -2.17. The minimum absolute atomic E-state index is 0.295. The van der Waals surface area contributed by atoms with Crippen molar-refractivity contribution in [1.82, 2.24) is 5.32 Å². The van der Waals surface area contributed by atoms with E-state index in [4.69, 9.17) is 21.1 Å². The van der Waals surface area contributed by atoms with Gasteiger partial charge in [0.25, 0.3) is 11.1 Å². The first-order valence-corrected chi connectivity index (χ1v) is 9.14. The maximum atomic E-state index is 11.7. The summed E-state index contributed by atoms with van der Waals surface area (Å²) in [7, 11) is 0. The Labute approximate surface area is 160 Å². The summed E-state index contributed by atoms with van der Waals surface area (Å²) in [5.74, 6) is 0.869. The van der Waals surface area contributed by atoms with Gasteiger partial charge in [-0.05, 0) is 48.5 Å². The molecule has 134 valence electrons. The van der Waals surface area contributed by atoms with Gasteiger partial charge in [0.15, 0.2) is 0 Å². The van der Waals surface area contributed by atoms with Gasteiger partial charge in [-0.15, -0.1) is 0 Å². The first-order chi connectivity index (χ1) is 12.6. The molecule has 1 heterocycles. The van der Waals surface area contributed by atoms with Crippen LogP contribution in [0.15, 0.2) is 47.4 Å². The van der Waals surface area contributed by atoms with Crippen molar-refractivity contribution in [2.24, 2.45) is 0 Å². The van der Waals surface area contributed by atoms with Gasteiger partial charge in [-0.2, -0.15) is 0 Å². The van der Waals surface area contributed by atoms with Crippen LogP contribution in [0.1, 0.15) is 18.1 Å². The van der Waals surface area contributed by atoms with Crippen LogP contribution in [0.4, 0.5) is 4.79 Å². The van der Waals surface area contributed by atoms with E-state index < -0.39 is 0 Å². The van der Waals surface area contributed by atoms with E-state index in [1.54, 1.807) is 18.2 Å². The lowest BCUT2D eigenvalue weighted by Gasteiger charge is -2.13. The SMILES string of the molecule is CCOc1cc(/C=C2\SC(=O)NC2=O)ccc1COc1ccccc1Cl. The quantitative estimate of drug-likeness (QED) is 0.729. The molecule has 3 rings (SSSR count). The van der Waals surface area contributed by atoms with Gasteiger partial charge in [0.2, 0.25) is 0 Å². The van der Waals surface area contributed by atoms with Crippen molar-refractivity contribution in [3.05, 3.63) is 63.5 Å². The molecule has 0 atom stereocenters. The first kappa shape index (κ1) is 18.4. The maximum Gasteiger partial charge on any atom is 0.290 e. The maximum absolute atomic E-state index is 11.7. The number of carbonyl (C=O) groups is 2. The molecule has 2 amide bonds. The van der Waals surface area contributed by atoms with Crippen molar-refractivity contribution in [2.45, 2.75) is 13.5 Å². The molecule has 1 N–H and O–H groups in total. The van der Waals surface area contributed by atoms with Crippen LogP contribution in [0, 0.1) is 0 Å². The number of nitrogens with one attached hydrogen (secondary N) is 1. The van der Waals surface area contributed by atoms with Gasteiger partial charge in [-0.1, -0.05) is 35.9 Å². The van der Waals surface area contributed by atoms with E-state index in [2.05, 4.69) is 5.32 Å². The summed E-state index contributed by atoms with van der Waals surface area (Å²) >= 11 is 6.99. The minimum Gasteiger partial charge on any atom is -0.493 e. The van der Waals surface area contributed by atoms with Crippen molar-refractivity contribution < 1.29 is 19.1 Å². The van der Waals surface area contributed by atoms with Crippen molar-refractivity contribution in [3.8, 4) is 11.5 Å². The van der Waals surface area contributed by atoms with Crippen LogP contribution in [0.5, 0.6) is 11.5 Å². The van der Waals surface area contributed by atoms with Crippen LogP contribution in [0.2, 0.25) is 5.02 Å². The van der Waals surface area contributed by atoms with E-state index in [1.807, 2.05) is 37.3 Å². The van der Waals surface area contributed by atoms with Crippen LogP contribution in [0.25, 0.3) is 6.08 Å². The normalized spacial score (nSPS) is 15.2. The molecule has 26 heavy (non-hydrogen) atoms. The monoisotopic (exact) mass is 389 g/mol. The summed E-state index contributed by atoms with van der Waals surface area (Å²) < 4.78 is 11.5. The Balaban J connectivity index is 1.80. The number of hydrogen-bond donors (Lipinski definition) is 1. The summed E-state index contributed by atoms with van der Waals surface area (Å²) in [5.41, 5.74) is 1.62. The highest BCUT2D eigenvalue weighted by atomic mass is 35.5. The highest BCUT2D eigenvalue weighted by Crippen LogP contribution is 2.30. The zero-order valence-electron chi connectivity index (χ0n) is 14.0. The average molecular weight is 390 g/mol. The number of hydrogen-bond acceptors (Lipinski definition) is 5. The lowest BCUT2D eigenvalue weighted by atomic mass is 10.1. The molecule has 1 saturated heterocycles. The fourth-order valence-electron chi connectivity index (χ4n) is 2.36. The Hall–Kier alpha value is -2.44. The van der Waals surface area contributed by atoms with E-state index in [9.17, 15) is 9.59 Å². The second-order valence-corrected chi connectivity index (χ2v) is 6.79. The number of para-hydroxylation sites is 1. The average Bonchev–Trinajstić information content (AvgIpc) is 2.93. The summed E-state index contributed by atoms with van der Waals surface area (Å²) in [5, 5.41) is 2.41. The molecule has 1 aliphatic heterocycles. The van der Waals surface area contributed by atoms with Crippen LogP contribution < -0.4 is 14.8 Å². The molecule has 7 heteroatoms.